The minimum atomic E-state index is -0.261. The second kappa shape index (κ2) is 2.59. The monoisotopic (exact) mass is 182 g/mol. The first-order valence-electron chi connectivity index (χ1n) is 3.92. The molecule has 64 valence electrons. The molecule has 0 spiro atoms. The van der Waals surface area contributed by atoms with Gasteiger partial charge in [-0.2, -0.15) is 0 Å². The van der Waals surface area contributed by atoms with Gasteiger partial charge >= 0.3 is 5.97 Å². The molecule has 1 fully saturated rings. The molecule has 0 unspecified atom stereocenters. The molecule has 1 aliphatic carbocycles. The van der Waals surface area contributed by atoms with Crippen LogP contribution in [0.3, 0.4) is 0 Å². The van der Waals surface area contributed by atoms with E-state index in [9.17, 15) is 4.79 Å². The molecule has 0 radical (unpaired) electrons. The summed E-state index contributed by atoms with van der Waals surface area (Å²) in [5, 5.41) is 2.00. The molecule has 1 aromatic rings. The zero-order valence-corrected chi connectivity index (χ0v) is 7.69. The highest BCUT2D eigenvalue weighted by Gasteiger charge is 2.53. The predicted molar refractivity (Wildman–Crippen MR) is 47.2 cm³/mol. The molecular weight excluding hydrogens is 172 g/mol. The molecule has 0 N–H and O–H groups in total. The van der Waals surface area contributed by atoms with E-state index in [0.29, 0.717) is 0 Å². The van der Waals surface area contributed by atoms with Gasteiger partial charge in [0.2, 0.25) is 0 Å². The summed E-state index contributed by atoms with van der Waals surface area (Å²) in [7, 11) is 1.45. The maximum Gasteiger partial charge on any atom is 0.317 e. The van der Waals surface area contributed by atoms with Crippen molar-refractivity contribution in [1.82, 2.24) is 0 Å². The molecule has 0 atom stereocenters. The number of hydrogen-bond acceptors (Lipinski definition) is 3. The van der Waals surface area contributed by atoms with Crippen molar-refractivity contribution in [3.05, 3.63) is 22.4 Å². The molecule has 2 nitrogen and oxygen atoms in total. The number of rotatable bonds is 2. The molecule has 0 aliphatic heterocycles. The van der Waals surface area contributed by atoms with E-state index in [1.54, 1.807) is 11.3 Å². The van der Waals surface area contributed by atoms with Crippen LogP contribution in [-0.4, -0.2) is 13.1 Å². The zero-order chi connectivity index (χ0) is 8.60. The third-order valence-electron chi connectivity index (χ3n) is 2.32. The van der Waals surface area contributed by atoms with E-state index in [4.69, 9.17) is 4.74 Å². The van der Waals surface area contributed by atoms with Gasteiger partial charge in [-0.15, -0.1) is 11.3 Å². The number of carbonyl (C=O) groups excluding carboxylic acids is 1. The van der Waals surface area contributed by atoms with Gasteiger partial charge in [0.05, 0.1) is 7.11 Å². The van der Waals surface area contributed by atoms with Crippen LogP contribution < -0.4 is 0 Å². The normalized spacial score (nSPS) is 18.8. The van der Waals surface area contributed by atoms with E-state index in [0.717, 1.165) is 17.7 Å². The smallest absolute Gasteiger partial charge is 0.317 e. The number of carbonyl (C=O) groups is 1. The van der Waals surface area contributed by atoms with Crippen LogP contribution in [0.25, 0.3) is 0 Å². The maximum absolute atomic E-state index is 11.4. The van der Waals surface area contributed by atoms with Gasteiger partial charge in [-0.3, -0.25) is 4.79 Å². The third-order valence-corrected chi connectivity index (χ3v) is 3.39. The molecule has 0 amide bonds. The van der Waals surface area contributed by atoms with Crippen molar-refractivity contribution in [3.63, 3.8) is 0 Å². The fourth-order valence-corrected chi connectivity index (χ4v) is 2.40. The van der Waals surface area contributed by atoms with E-state index in [-0.39, 0.29) is 11.4 Å². The van der Waals surface area contributed by atoms with Crippen LogP contribution in [0.15, 0.2) is 17.5 Å². The Morgan fingerprint density at radius 1 is 1.67 bits per heavy atom. The highest BCUT2D eigenvalue weighted by atomic mass is 32.1. The van der Waals surface area contributed by atoms with Crippen molar-refractivity contribution in [2.45, 2.75) is 18.3 Å². The van der Waals surface area contributed by atoms with Gasteiger partial charge in [-0.05, 0) is 24.3 Å². The Morgan fingerprint density at radius 3 is 2.83 bits per heavy atom. The first kappa shape index (κ1) is 7.80. The standard InChI is InChI=1S/C9H10O2S/c1-11-8(10)9(4-5-9)7-3-2-6-12-7/h2-3,6H,4-5H2,1H3. The Bertz CT molecular complexity index is 285. The lowest BCUT2D eigenvalue weighted by Gasteiger charge is -2.08. The molecule has 0 bridgehead atoms. The summed E-state index contributed by atoms with van der Waals surface area (Å²) >= 11 is 1.64. The molecule has 1 aliphatic rings. The largest absolute Gasteiger partial charge is 0.468 e. The van der Waals surface area contributed by atoms with Crippen LogP contribution in [0.2, 0.25) is 0 Å². The topological polar surface area (TPSA) is 26.3 Å². The van der Waals surface area contributed by atoms with Gasteiger partial charge < -0.3 is 4.74 Å². The lowest BCUT2D eigenvalue weighted by Crippen LogP contribution is -2.20. The highest BCUT2D eigenvalue weighted by Crippen LogP contribution is 2.50. The number of hydrogen-bond donors (Lipinski definition) is 0. The molecule has 1 aromatic heterocycles. The second-order valence-electron chi connectivity index (χ2n) is 3.05. The van der Waals surface area contributed by atoms with Crippen molar-refractivity contribution >= 4 is 17.3 Å². The first-order chi connectivity index (χ1) is 5.79. The van der Waals surface area contributed by atoms with Crippen molar-refractivity contribution in [1.29, 1.82) is 0 Å². The fourth-order valence-electron chi connectivity index (χ4n) is 1.42. The summed E-state index contributed by atoms with van der Waals surface area (Å²) in [5.74, 6) is -0.0787. The van der Waals surface area contributed by atoms with Crippen molar-refractivity contribution < 1.29 is 9.53 Å². The zero-order valence-electron chi connectivity index (χ0n) is 6.87. The minimum Gasteiger partial charge on any atom is -0.468 e. The predicted octanol–water partition coefficient (Wildman–Crippen LogP) is 1.95. The highest BCUT2D eigenvalue weighted by molar-refractivity contribution is 7.10. The molecule has 2 rings (SSSR count). The number of thiophene rings is 1. The SMILES string of the molecule is COC(=O)C1(c2cccs2)CC1. The Kier molecular flexibility index (Phi) is 1.68. The quantitative estimate of drug-likeness (QED) is 0.653. The lowest BCUT2D eigenvalue weighted by molar-refractivity contribution is -0.143. The van der Waals surface area contributed by atoms with Crippen LogP contribution in [0.4, 0.5) is 0 Å². The molecular formula is C9H10O2S. The van der Waals surface area contributed by atoms with Crippen molar-refractivity contribution in [2.75, 3.05) is 7.11 Å². The fraction of sp³-hybridized carbons (Fsp3) is 0.444. The van der Waals surface area contributed by atoms with Crippen molar-refractivity contribution in [3.8, 4) is 0 Å². The average Bonchev–Trinajstić information content (AvgIpc) is 2.73. The van der Waals surface area contributed by atoms with Crippen LogP contribution >= 0.6 is 11.3 Å². The lowest BCUT2D eigenvalue weighted by atomic mass is 10.1. The van der Waals surface area contributed by atoms with Gasteiger partial charge in [0.15, 0.2) is 0 Å². The summed E-state index contributed by atoms with van der Waals surface area (Å²) in [5.41, 5.74) is -0.261. The second-order valence-corrected chi connectivity index (χ2v) is 4.00. The number of esters is 1. The van der Waals surface area contributed by atoms with Gasteiger partial charge in [-0.25, -0.2) is 0 Å². The third kappa shape index (κ3) is 0.966. The van der Waals surface area contributed by atoms with Crippen LogP contribution in [0, 0.1) is 0 Å². The number of ether oxygens (including phenoxy) is 1. The average molecular weight is 182 g/mol. The molecule has 0 aromatic carbocycles. The van der Waals surface area contributed by atoms with Gasteiger partial charge in [0.1, 0.15) is 5.41 Å². The van der Waals surface area contributed by atoms with Crippen LogP contribution in [0.5, 0.6) is 0 Å². The van der Waals surface area contributed by atoms with E-state index >= 15 is 0 Å². The van der Waals surface area contributed by atoms with Crippen LogP contribution in [0.1, 0.15) is 17.7 Å². The van der Waals surface area contributed by atoms with E-state index in [1.807, 2.05) is 17.5 Å². The Morgan fingerprint density at radius 2 is 2.42 bits per heavy atom. The molecule has 1 heterocycles. The van der Waals surface area contributed by atoms with Crippen LogP contribution in [-0.2, 0) is 14.9 Å². The Balaban J connectivity index is 2.28. The van der Waals surface area contributed by atoms with Gasteiger partial charge in [-0.1, -0.05) is 6.07 Å². The molecule has 1 saturated carbocycles. The summed E-state index contributed by atoms with van der Waals surface area (Å²) in [4.78, 5) is 12.5. The summed E-state index contributed by atoms with van der Waals surface area (Å²) in [6, 6.07) is 3.98. The first-order valence-corrected chi connectivity index (χ1v) is 4.80. The van der Waals surface area contributed by atoms with Gasteiger partial charge in [0.25, 0.3) is 0 Å². The molecule has 12 heavy (non-hydrogen) atoms. The van der Waals surface area contributed by atoms with E-state index < -0.39 is 0 Å². The summed E-state index contributed by atoms with van der Waals surface area (Å²) in [6.07, 6.45) is 1.89. The van der Waals surface area contributed by atoms with Crippen molar-refractivity contribution in [2.24, 2.45) is 0 Å². The summed E-state index contributed by atoms with van der Waals surface area (Å²) in [6.45, 7) is 0. The molecule has 0 saturated heterocycles. The molecule has 3 heteroatoms. The van der Waals surface area contributed by atoms with E-state index in [1.165, 1.54) is 7.11 Å². The van der Waals surface area contributed by atoms with E-state index in [2.05, 4.69) is 0 Å². The number of methoxy groups -OCH3 is 1. The Hall–Kier alpha value is -0.830. The summed E-state index contributed by atoms with van der Waals surface area (Å²) < 4.78 is 4.77. The minimum absolute atomic E-state index is 0.0787. The maximum atomic E-state index is 11.4. The Labute approximate surface area is 75.2 Å². The van der Waals surface area contributed by atoms with Gasteiger partial charge in [0, 0.05) is 4.88 Å².